The molecule has 0 spiro atoms. The van der Waals surface area contributed by atoms with Crippen molar-refractivity contribution in [1.82, 2.24) is 24.6 Å². The summed E-state index contributed by atoms with van der Waals surface area (Å²) in [5.74, 6) is -1.61. The number of nitriles is 1. The highest BCUT2D eigenvalue weighted by molar-refractivity contribution is 7.52. The van der Waals surface area contributed by atoms with E-state index in [9.17, 15) is 19.7 Å². The van der Waals surface area contributed by atoms with E-state index in [1.807, 2.05) is 6.07 Å². The number of ether oxygens (including phenoxy) is 2. The predicted molar refractivity (Wildman–Crippen MR) is 138 cm³/mol. The normalized spacial score (nSPS) is 23.3. The number of nitrogens with zero attached hydrogens (tertiary/aromatic N) is 5. The average Bonchev–Trinajstić information content (AvgIpc) is 3.43. The molecule has 0 amide bonds. The lowest BCUT2D eigenvalue weighted by atomic mass is 10.0. The molecule has 6 atom stereocenters. The number of benzene rings is 1. The topological polar surface area (TPSA) is 223 Å². The Morgan fingerprint density at radius 2 is 2.00 bits per heavy atom. The molecule has 1 saturated heterocycles. The first-order valence-corrected chi connectivity index (χ1v) is 13.5. The van der Waals surface area contributed by atoms with Gasteiger partial charge in [-0.3, -0.25) is 13.9 Å². The van der Waals surface area contributed by atoms with Crippen LogP contribution in [0.2, 0.25) is 0 Å². The second kappa shape index (κ2) is 11.5. The second-order valence-corrected chi connectivity index (χ2v) is 10.7. The third-order valence-corrected chi connectivity index (χ3v) is 7.34. The molecular weight excluding hydrogens is 531 g/mol. The van der Waals surface area contributed by atoms with Crippen LogP contribution in [0.15, 0.2) is 36.7 Å². The van der Waals surface area contributed by atoms with Gasteiger partial charge in [-0.25, -0.2) is 9.55 Å². The Morgan fingerprint density at radius 3 is 2.67 bits per heavy atom. The number of aliphatic hydroxyl groups is 1. The molecule has 2 aromatic heterocycles. The number of hydrogen-bond acceptors (Lipinski definition) is 13. The number of hydrogen-bond donors (Lipinski definition) is 4. The first-order valence-electron chi connectivity index (χ1n) is 12.0. The fraction of sp³-hybridized carbons (Fsp3) is 0.435. The summed E-state index contributed by atoms with van der Waals surface area (Å²) in [6.07, 6.45) is -2.59. The summed E-state index contributed by atoms with van der Waals surface area (Å²) in [7, 11) is -4.23. The smallest absolute Gasteiger partial charge is 0.459 e. The van der Waals surface area contributed by atoms with E-state index in [0.717, 1.165) is 0 Å². The van der Waals surface area contributed by atoms with E-state index in [2.05, 4.69) is 20.0 Å². The summed E-state index contributed by atoms with van der Waals surface area (Å²) >= 11 is 0. The molecule has 15 nitrogen and oxygen atoms in total. The van der Waals surface area contributed by atoms with Crippen LogP contribution in [-0.2, 0) is 23.4 Å². The van der Waals surface area contributed by atoms with Crippen LogP contribution in [0.5, 0.6) is 5.75 Å². The number of rotatable bonds is 10. The van der Waals surface area contributed by atoms with Crippen molar-refractivity contribution in [2.45, 2.75) is 51.4 Å². The summed E-state index contributed by atoms with van der Waals surface area (Å²) in [5, 5.41) is 23.2. The molecule has 208 valence electrons. The molecule has 1 fully saturated rings. The fourth-order valence-electron chi connectivity index (χ4n) is 3.91. The summed E-state index contributed by atoms with van der Waals surface area (Å²) in [6.45, 7) is 4.34. The van der Waals surface area contributed by atoms with Crippen LogP contribution in [0.1, 0.15) is 27.0 Å². The number of imidazole rings is 1. The van der Waals surface area contributed by atoms with Gasteiger partial charge in [0, 0.05) is 0 Å². The average molecular weight is 561 g/mol. The van der Waals surface area contributed by atoms with Crippen LogP contribution in [0, 0.1) is 17.2 Å². The Kier molecular flexibility index (Phi) is 8.34. The largest absolute Gasteiger partial charge is 0.462 e. The molecular formula is C23H29N8O7P. The van der Waals surface area contributed by atoms with Crippen molar-refractivity contribution in [3.63, 3.8) is 0 Å². The predicted octanol–water partition coefficient (Wildman–Crippen LogP) is 1.52. The zero-order chi connectivity index (χ0) is 28.3. The Balaban J connectivity index is 1.55. The molecule has 16 heteroatoms. The highest BCUT2D eigenvalue weighted by atomic mass is 31.2. The molecule has 3 heterocycles. The zero-order valence-electron chi connectivity index (χ0n) is 21.4. The Hall–Kier alpha value is -3.80. The lowest BCUT2D eigenvalue weighted by molar-refractivity contribution is -0.149. The van der Waals surface area contributed by atoms with Crippen LogP contribution in [-0.4, -0.2) is 61.6 Å². The van der Waals surface area contributed by atoms with Crippen molar-refractivity contribution in [2.24, 2.45) is 5.92 Å². The van der Waals surface area contributed by atoms with Crippen molar-refractivity contribution < 1.29 is 33.0 Å². The standard InChI is InChI=1S/C23H29N8O7P/c1-12(2)36-22(33)13(3)30-39(34,38-14-7-5-4-6-8-14)35-10-16-18(32)15(9-24)21(37-16)31-11-27-17-19(25)28-23(26)29-20(17)31/h4-8,11-13,15-16,18,21,32H,10H2,1-3H3,(H,30,34)(H4,25,26,28,29)/t13-,15-,16-,18+,21-,39?/m1/s1. The number of carbonyl (C=O) groups excluding carboxylic acids is 1. The molecule has 4 rings (SSSR count). The maximum atomic E-state index is 13.7. The van der Waals surface area contributed by atoms with E-state index in [0.29, 0.717) is 0 Å². The van der Waals surface area contributed by atoms with Gasteiger partial charge in [0.2, 0.25) is 5.95 Å². The lowest BCUT2D eigenvalue weighted by Gasteiger charge is -2.25. The number of nitrogens with two attached hydrogens (primary N) is 2. The Morgan fingerprint density at radius 1 is 1.28 bits per heavy atom. The number of para-hydroxylation sites is 1. The number of anilines is 2. The van der Waals surface area contributed by atoms with Crippen molar-refractivity contribution in [2.75, 3.05) is 18.1 Å². The van der Waals surface area contributed by atoms with E-state index >= 15 is 0 Å². The quantitative estimate of drug-likeness (QED) is 0.204. The van der Waals surface area contributed by atoms with Crippen molar-refractivity contribution in [3.05, 3.63) is 36.7 Å². The first-order chi connectivity index (χ1) is 18.5. The van der Waals surface area contributed by atoms with Gasteiger partial charge in [0.15, 0.2) is 17.7 Å². The minimum Gasteiger partial charge on any atom is -0.462 e. The van der Waals surface area contributed by atoms with E-state index in [4.69, 9.17) is 30.0 Å². The monoisotopic (exact) mass is 560 g/mol. The molecule has 0 saturated carbocycles. The van der Waals surface area contributed by atoms with E-state index < -0.39 is 56.8 Å². The van der Waals surface area contributed by atoms with Gasteiger partial charge >= 0.3 is 13.7 Å². The van der Waals surface area contributed by atoms with Crippen LogP contribution in [0.4, 0.5) is 11.8 Å². The Labute approximate surface area is 223 Å². The maximum absolute atomic E-state index is 13.7. The van der Waals surface area contributed by atoms with E-state index in [1.54, 1.807) is 44.2 Å². The van der Waals surface area contributed by atoms with Gasteiger partial charge in [-0.15, -0.1) is 0 Å². The number of nitrogens with one attached hydrogen (secondary N) is 1. The van der Waals surface area contributed by atoms with Crippen molar-refractivity contribution >= 4 is 36.6 Å². The number of aliphatic hydroxyl groups excluding tert-OH is 1. The van der Waals surface area contributed by atoms with Crippen LogP contribution < -0.4 is 21.1 Å². The van der Waals surface area contributed by atoms with Gasteiger partial charge in [-0.05, 0) is 32.9 Å². The van der Waals surface area contributed by atoms with Gasteiger partial charge in [0.05, 0.1) is 25.1 Å². The molecule has 0 bridgehead atoms. The van der Waals surface area contributed by atoms with Crippen LogP contribution >= 0.6 is 7.75 Å². The highest BCUT2D eigenvalue weighted by Gasteiger charge is 2.47. The number of carbonyl (C=O) groups is 1. The Bertz CT molecular complexity index is 1410. The molecule has 39 heavy (non-hydrogen) atoms. The minimum atomic E-state index is -4.23. The van der Waals surface area contributed by atoms with E-state index in [-0.39, 0.29) is 28.7 Å². The van der Waals surface area contributed by atoms with Gasteiger partial charge < -0.3 is 30.6 Å². The second-order valence-electron chi connectivity index (χ2n) is 9.04. The van der Waals surface area contributed by atoms with Gasteiger partial charge in [0.25, 0.3) is 0 Å². The molecule has 0 radical (unpaired) electrons. The molecule has 3 aromatic rings. The lowest BCUT2D eigenvalue weighted by Crippen LogP contribution is -2.37. The number of fused-ring (bicyclic) bond motifs is 1. The summed E-state index contributed by atoms with van der Waals surface area (Å²) in [5.41, 5.74) is 12.0. The van der Waals surface area contributed by atoms with Gasteiger partial charge in [-0.1, -0.05) is 18.2 Å². The van der Waals surface area contributed by atoms with Crippen LogP contribution in [0.3, 0.4) is 0 Å². The molecule has 0 aliphatic carbocycles. The third kappa shape index (κ3) is 6.27. The SMILES string of the molecule is CC(C)OC(=O)[C@@H](C)NP(=O)(OC[C@H]1O[C@@H](n2cnc3c(N)nc(N)nc32)[C@H](C#N)[C@@H]1O)Oc1ccccc1. The number of esters is 1. The van der Waals surface area contributed by atoms with E-state index in [1.165, 1.54) is 17.8 Å². The number of aromatic nitrogens is 4. The van der Waals surface area contributed by atoms with Gasteiger partial charge in [-0.2, -0.15) is 20.3 Å². The highest BCUT2D eigenvalue weighted by Crippen LogP contribution is 2.46. The zero-order valence-corrected chi connectivity index (χ0v) is 22.3. The molecule has 6 N–H and O–H groups in total. The molecule has 1 aliphatic heterocycles. The third-order valence-electron chi connectivity index (χ3n) is 5.69. The summed E-state index contributed by atoms with van der Waals surface area (Å²) < 4.78 is 37.5. The van der Waals surface area contributed by atoms with Crippen LogP contribution in [0.25, 0.3) is 11.2 Å². The first kappa shape index (κ1) is 28.2. The summed E-state index contributed by atoms with van der Waals surface area (Å²) in [6, 6.07) is 9.14. The maximum Gasteiger partial charge on any atom is 0.459 e. The van der Waals surface area contributed by atoms with Gasteiger partial charge in [0.1, 0.15) is 35.4 Å². The number of nitrogen functional groups attached to an aromatic ring is 2. The van der Waals surface area contributed by atoms with Crippen molar-refractivity contribution in [3.8, 4) is 11.8 Å². The minimum absolute atomic E-state index is 0.0402. The summed E-state index contributed by atoms with van der Waals surface area (Å²) in [4.78, 5) is 24.5. The fourth-order valence-corrected chi connectivity index (χ4v) is 5.41. The molecule has 1 aliphatic rings. The molecule has 1 unspecified atom stereocenters. The van der Waals surface area contributed by atoms with Crippen molar-refractivity contribution in [1.29, 1.82) is 5.26 Å². The molecule has 1 aromatic carbocycles.